The topological polar surface area (TPSA) is 44.8 Å². The van der Waals surface area contributed by atoms with Crippen molar-refractivity contribution >= 4 is 22.6 Å². The Morgan fingerprint density at radius 2 is 1.60 bits per heavy atom. The van der Waals surface area contributed by atoms with Gasteiger partial charge in [0.1, 0.15) is 0 Å². The minimum Gasteiger partial charge on any atom is -0.466 e. The van der Waals surface area contributed by atoms with Crippen LogP contribution in [0.2, 0.25) is 36.3 Å². The third-order valence-electron chi connectivity index (χ3n) is 13.6. The van der Waals surface area contributed by atoms with Crippen molar-refractivity contribution in [2.24, 2.45) is 28.6 Å². The molecule has 4 nitrogen and oxygen atoms in total. The second kappa shape index (κ2) is 12.8. The summed E-state index contributed by atoms with van der Waals surface area (Å²) in [6, 6.07) is 0. The number of ether oxygens (including phenoxy) is 1. The molecule has 0 aromatic carbocycles. The number of allylic oxidation sites excluding steroid dienone is 5. The van der Waals surface area contributed by atoms with E-state index in [-0.39, 0.29) is 39.1 Å². The van der Waals surface area contributed by atoms with Gasteiger partial charge in [0.25, 0.3) is 0 Å². The maximum atomic E-state index is 12.0. The number of hydrogen-bond acceptors (Lipinski definition) is 4. The average Bonchev–Trinajstić information content (AvgIpc) is 3.25. The molecule has 0 aliphatic heterocycles. The fraction of sp³-hybridized carbons (Fsp3) is 0.821. The van der Waals surface area contributed by atoms with Gasteiger partial charge in [-0.25, -0.2) is 0 Å². The van der Waals surface area contributed by atoms with E-state index in [9.17, 15) is 4.79 Å². The Hall–Kier alpha value is -0.956. The van der Waals surface area contributed by atoms with Crippen molar-refractivity contribution in [3.05, 3.63) is 34.9 Å². The molecule has 0 amide bonds. The van der Waals surface area contributed by atoms with Crippen LogP contribution >= 0.6 is 0 Å². The van der Waals surface area contributed by atoms with Crippen LogP contribution in [-0.2, 0) is 18.4 Å². The van der Waals surface area contributed by atoms with E-state index in [4.69, 9.17) is 13.6 Å². The Kier molecular flexibility index (Phi) is 10.5. The van der Waals surface area contributed by atoms with E-state index in [2.05, 4.69) is 107 Å². The monoisotopic (exact) mass is 656 g/mol. The molecular weight excluding hydrogens is 589 g/mol. The van der Waals surface area contributed by atoms with Crippen LogP contribution in [0.15, 0.2) is 34.9 Å². The second-order valence-electron chi connectivity index (χ2n) is 18.5. The SMILES string of the molecule is CCOC(=O)CCC[C@@H](C)C1=CC[C@H]2C3=CC=C4C[C@@H](O[Si](C)(C)C(C)(C)C)C[C@H](O[Si](C)(C)C(C)(C)C)[C@]4(C)[C@H]3CC[C@]12C. The highest BCUT2D eigenvalue weighted by atomic mass is 28.4. The van der Waals surface area contributed by atoms with Crippen LogP contribution in [-0.4, -0.2) is 41.4 Å². The fourth-order valence-electron chi connectivity index (χ4n) is 8.72. The van der Waals surface area contributed by atoms with E-state index >= 15 is 0 Å². The zero-order valence-corrected chi connectivity index (χ0v) is 33.6. The van der Waals surface area contributed by atoms with Crippen molar-refractivity contribution in [1.29, 1.82) is 0 Å². The third kappa shape index (κ3) is 6.96. The average molecular weight is 657 g/mol. The van der Waals surface area contributed by atoms with Gasteiger partial charge in [0.05, 0.1) is 18.8 Å². The summed E-state index contributed by atoms with van der Waals surface area (Å²) in [6.45, 7) is 33.7. The summed E-state index contributed by atoms with van der Waals surface area (Å²) < 4.78 is 19.9. The highest BCUT2D eigenvalue weighted by Crippen LogP contribution is 2.65. The van der Waals surface area contributed by atoms with E-state index in [0.717, 1.165) is 32.1 Å². The van der Waals surface area contributed by atoms with E-state index in [1.165, 1.54) is 12.8 Å². The van der Waals surface area contributed by atoms with Gasteiger partial charge in [0.15, 0.2) is 16.6 Å². The first kappa shape index (κ1) is 36.9. The molecule has 0 saturated heterocycles. The zero-order chi connectivity index (χ0) is 33.8. The van der Waals surface area contributed by atoms with Crippen LogP contribution in [0.4, 0.5) is 0 Å². The van der Waals surface area contributed by atoms with Crippen LogP contribution < -0.4 is 0 Å². The molecule has 4 aliphatic rings. The lowest BCUT2D eigenvalue weighted by Gasteiger charge is -2.59. The van der Waals surface area contributed by atoms with Gasteiger partial charge in [-0.15, -0.1) is 0 Å². The molecule has 2 saturated carbocycles. The number of esters is 1. The molecule has 4 rings (SSSR count). The summed E-state index contributed by atoms with van der Waals surface area (Å²) in [5.41, 5.74) is 5.08. The van der Waals surface area contributed by atoms with Crippen molar-refractivity contribution in [2.75, 3.05) is 6.61 Å². The van der Waals surface area contributed by atoms with E-state index in [1.54, 1.807) is 16.7 Å². The Balaban J connectivity index is 1.63. The van der Waals surface area contributed by atoms with Gasteiger partial charge in [0, 0.05) is 11.8 Å². The minimum atomic E-state index is -2.02. The van der Waals surface area contributed by atoms with Crippen molar-refractivity contribution in [1.82, 2.24) is 0 Å². The van der Waals surface area contributed by atoms with E-state index in [1.807, 2.05) is 6.92 Å². The van der Waals surface area contributed by atoms with Crippen molar-refractivity contribution in [3.8, 4) is 0 Å². The number of fused-ring (bicyclic) bond motifs is 5. The summed E-state index contributed by atoms with van der Waals surface area (Å²) in [6.07, 6.45) is 16.1. The van der Waals surface area contributed by atoms with Gasteiger partial charge in [-0.05, 0) is 111 Å². The molecule has 0 spiro atoms. The largest absolute Gasteiger partial charge is 0.466 e. The minimum absolute atomic E-state index is 0.00222. The van der Waals surface area contributed by atoms with Crippen LogP contribution in [0.1, 0.15) is 121 Å². The molecular formula is C39H68O4Si2. The van der Waals surface area contributed by atoms with Gasteiger partial charge in [0.2, 0.25) is 0 Å². The fourth-order valence-corrected chi connectivity index (χ4v) is 11.5. The molecule has 0 aromatic heterocycles. The first-order chi connectivity index (χ1) is 20.6. The molecule has 0 bridgehead atoms. The molecule has 0 radical (unpaired) electrons. The molecule has 6 heteroatoms. The van der Waals surface area contributed by atoms with Crippen molar-refractivity contribution in [2.45, 2.75) is 169 Å². The summed E-state index contributed by atoms with van der Waals surface area (Å²) in [5, 5.41) is 0.348. The van der Waals surface area contributed by atoms with Gasteiger partial charge < -0.3 is 13.6 Å². The van der Waals surface area contributed by atoms with Crippen LogP contribution in [0, 0.1) is 28.6 Å². The van der Waals surface area contributed by atoms with E-state index in [0.29, 0.717) is 30.8 Å². The standard InChI is InChI=1S/C39H68O4Si2/c1-15-41-35(40)18-16-17-27(2)31-21-22-32-30-20-19-28-25-29(42-44(11,12)36(3,4)5)26-34(43-45(13,14)37(6,7)8)39(28,10)33(30)23-24-38(31,32)9/h19-21,27,29,32-34H,15-18,22-26H2,1-14H3/t27-,29-,32+,33+,34+,38-,39+/m1/s1. The Morgan fingerprint density at radius 3 is 2.20 bits per heavy atom. The maximum absolute atomic E-state index is 12.0. The number of hydrogen-bond donors (Lipinski definition) is 0. The predicted octanol–water partition coefficient (Wildman–Crippen LogP) is 11.2. The van der Waals surface area contributed by atoms with Crippen LogP contribution in [0.3, 0.4) is 0 Å². The summed E-state index contributed by atoms with van der Waals surface area (Å²) in [7, 11) is -3.94. The highest BCUT2D eigenvalue weighted by molar-refractivity contribution is 6.74. The Labute approximate surface area is 279 Å². The maximum Gasteiger partial charge on any atom is 0.305 e. The normalized spacial score (nSPS) is 32.9. The number of carbonyl (C=O) groups is 1. The molecule has 0 unspecified atom stereocenters. The lowest BCUT2D eigenvalue weighted by atomic mass is 9.49. The highest BCUT2D eigenvalue weighted by Gasteiger charge is 2.59. The lowest BCUT2D eigenvalue weighted by Crippen LogP contribution is -2.58. The summed E-state index contributed by atoms with van der Waals surface area (Å²) in [4.78, 5) is 12.0. The predicted molar refractivity (Wildman–Crippen MR) is 194 cm³/mol. The molecule has 0 heterocycles. The quantitative estimate of drug-likeness (QED) is 0.133. The van der Waals surface area contributed by atoms with Crippen molar-refractivity contribution in [3.63, 3.8) is 0 Å². The number of carbonyl (C=O) groups excluding carboxylic acids is 1. The van der Waals surface area contributed by atoms with Crippen LogP contribution in [0.5, 0.6) is 0 Å². The van der Waals surface area contributed by atoms with Gasteiger partial charge >= 0.3 is 5.97 Å². The Bertz CT molecular complexity index is 1200. The molecule has 7 atom stereocenters. The molecule has 0 aromatic rings. The first-order valence-corrected chi connectivity index (χ1v) is 24.0. The molecule has 0 N–H and O–H groups in total. The van der Waals surface area contributed by atoms with E-state index < -0.39 is 16.6 Å². The lowest BCUT2D eigenvalue weighted by molar-refractivity contribution is -0.143. The Morgan fingerprint density at radius 1 is 0.978 bits per heavy atom. The zero-order valence-electron chi connectivity index (χ0n) is 31.6. The van der Waals surface area contributed by atoms with Gasteiger partial charge in [-0.2, -0.15) is 0 Å². The molecule has 2 fully saturated rings. The van der Waals surface area contributed by atoms with Gasteiger partial charge in [-0.1, -0.05) is 97.3 Å². The summed E-state index contributed by atoms with van der Waals surface area (Å²) >= 11 is 0. The molecule has 256 valence electrons. The van der Waals surface area contributed by atoms with Gasteiger partial charge in [-0.3, -0.25) is 4.79 Å². The first-order valence-electron chi connectivity index (χ1n) is 18.2. The molecule has 45 heavy (non-hydrogen) atoms. The number of rotatable bonds is 10. The van der Waals surface area contributed by atoms with Crippen molar-refractivity contribution < 1.29 is 18.4 Å². The third-order valence-corrected chi connectivity index (χ3v) is 22.6. The second-order valence-corrected chi connectivity index (χ2v) is 28.0. The summed E-state index contributed by atoms with van der Waals surface area (Å²) in [5.74, 6) is 1.51. The van der Waals surface area contributed by atoms with Crippen LogP contribution in [0.25, 0.3) is 0 Å². The molecule has 4 aliphatic carbocycles. The smallest absolute Gasteiger partial charge is 0.305 e.